The summed E-state index contributed by atoms with van der Waals surface area (Å²) in [6, 6.07) is 5.69. The summed E-state index contributed by atoms with van der Waals surface area (Å²) >= 11 is 0. The van der Waals surface area contributed by atoms with Gasteiger partial charge in [0.15, 0.2) is 0 Å². The van der Waals surface area contributed by atoms with Crippen molar-refractivity contribution in [1.82, 2.24) is 9.78 Å². The number of rotatable bonds is 5. The van der Waals surface area contributed by atoms with Crippen LogP contribution >= 0.6 is 0 Å². The minimum absolute atomic E-state index is 0.120. The average molecular weight is 304 g/mol. The maximum Gasteiger partial charge on any atom is 0.350 e. The fourth-order valence-corrected chi connectivity index (χ4v) is 2.08. The second-order valence-corrected chi connectivity index (χ2v) is 4.79. The fourth-order valence-electron chi connectivity index (χ4n) is 2.08. The van der Waals surface area contributed by atoms with E-state index >= 15 is 0 Å². The first-order valence-corrected chi connectivity index (χ1v) is 6.54. The number of amides is 1. The zero-order chi connectivity index (χ0) is 16.3. The number of benzene rings is 1. The number of nitrogens with zero attached hydrogens (tertiary/aromatic N) is 3. The number of aryl methyl sites for hydroxylation is 2. The summed E-state index contributed by atoms with van der Waals surface area (Å²) in [5.41, 5.74) is 2.35. The molecule has 0 aliphatic rings. The first-order valence-electron chi connectivity index (χ1n) is 6.54. The molecule has 0 radical (unpaired) electrons. The predicted molar refractivity (Wildman–Crippen MR) is 80.0 cm³/mol. The Morgan fingerprint density at radius 3 is 2.55 bits per heavy atom. The molecule has 22 heavy (non-hydrogen) atoms. The molecule has 0 aliphatic heterocycles. The SMILES string of the molecule is COc1nn(CC(=O)Nc2c(C)cccc2C)cc1[N+](=O)[O-]. The van der Waals surface area contributed by atoms with Gasteiger partial charge in [0.05, 0.1) is 12.0 Å². The van der Waals surface area contributed by atoms with E-state index in [2.05, 4.69) is 10.4 Å². The number of carbonyl (C=O) groups is 1. The van der Waals surface area contributed by atoms with Gasteiger partial charge in [0, 0.05) is 5.69 Å². The van der Waals surface area contributed by atoms with Gasteiger partial charge in [-0.15, -0.1) is 5.10 Å². The topological polar surface area (TPSA) is 99.3 Å². The van der Waals surface area contributed by atoms with Crippen molar-refractivity contribution < 1.29 is 14.5 Å². The number of aromatic nitrogens is 2. The van der Waals surface area contributed by atoms with Gasteiger partial charge in [-0.2, -0.15) is 0 Å². The molecule has 0 saturated carbocycles. The highest BCUT2D eigenvalue weighted by atomic mass is 16.6. The summed E-state index contributed by atoms with van der Waals surface area (Å²) in [6.45, 7) is 3.65. The monoisotopic (exact) mass is 304 g/mol. The highest BCUT2D eigenvalue weighted by Gasteiger charge is 2.21. The number of nitrogens with one attached hydrogen (secondary N) is 1. The molecule has 1 aromatic carbocycles. The second-order valence-electron chi connectivity index (χ2n) is 4.79. The van der Waals surface area contributed by atoms with Crippen molar-refractivity contribution in [2.24, 2.45) is 0 Å². The van der Waals surface area contributed by atoms with Crippen molar-refractivity contribution in [3.05, 3.63) is 45.6 Å². The lowest BCUT2D eigenvalue weighted by Crippen LogP contribution is -2.20. The molecule has 0 unspecified atom stereocenters. The lowest BCUT2D eigenvalue weighted by molar-refractivity contribution is -0.385. The Morgan fingerprint density at radius 2 is 2.05 bits per heavy atom. The van der Waals surface area contributed by atoms with E-state index in [0.717, 1.165) is 16.8 Å². The lowest BCUT2D eigenvalue weighted by atomic mass is 10.1. The Kier molecular flexibility index (Phi) is 4.40. The van der Waals surface area contributed by atoms with E-state index in [4.69, 9.17) is 4.74 Å². The molecule has 2 rings (SSSR count). The van der Waals surface area contributed by atoms with Crippen LogP contribution in [0.3, 0.4) is 0 Å². The van der Waals surface area contributed by atoms with Gasteiger partial charge >= 0.3 is 11.6 Å². The highest BCUT2D eigenvalue weighted by molar-refractivity contribution is 5.92. The van der Waals surface area contributed by atoms with E-state index in [1.54, 1.807) is 0 Å². The summed E-state index contributed by atoms with van der Waals surface area (Å²) in [6.07, 6.45) is 1.17. The molecule has 0 saturated heterocycles. The average Bonchev–Trinajstić information content (AvgIpc) is 2.86. The van der Waals surface area contributed by atoms with Crippen LogP contribution < -0.4 is 10.1 Å². The zero-order valence-electron chi connectivity index (χ0n) is 12.5. The third-order valence-corrected chi connectivity index (χ3v) is 3.15. The molecule has 116 valence electrons. The zero-order valence-corrected chi connectivity index (χ0v) is 12.5. The van der Waals surface area contributed by atoms with E-state index < -0.39 is 4.92 Å². The normalized spacial score (nSPS) is 10.3. The number of hydrogen-bond acceptors (Lipinski definition) is 5. The first-order chi connectivity index (χ1) is 10.4. The molecule has 0 bridgehead atoms. The van der Waals surface area contributed by atoms with E-state index in [0.29, 0.717) is 0 Å². The Morgan fingerprint density at radius 1 is 1.41 bits per heavy atom. The van der Waals surface area contributed by atoms with Crippen LogP contribution in [0.15, 0.2) is 24.4 Å². The van der Waals surface area contributed by atoms with Gasteiger partial charge in [-0.1, -0.05) is 18.2 Å². The number of hydrogen-bond donors (Lipinski definition) is 1. The number of ether oxygens (including phenoxy) is 1. The Labute approximate surface area is 126 Å². The summed E-state index contributed by atoms with van der Waals surface area (Å²) in [5, 5.41) is 17.5. The van der Waals surface area contributed by atoms with Crippen molar-refractivity contribution in [3.63, 3.8) is 0 Å². The third-order valence-electron chi connectivity index (χ3n) is 3.15. The molecule has 1 heterocycles. The highest BCUT2D eigenvalue weighted by Crippen LogP contribution is 2.24. The molecule has 8 nitrogen and oxygen atoms in total. The Hall–Kier alpha value is -2.90. The minimum atomic E-state index is -0.605. The van der Waals surface area contributed by atoms with Crippen molar-refractivity contribution in [2.75, 3.05) is 12.4 Å². The Bertz CT molecular complexity index is 703. The molecule has 0 fully saturated rings. The molecular formula is C14H16N4O4. The summed E-state index contributed by atoms with van der Waals surface area (Å²) in [4.78, 5) is 22.3. The summed E-state index contributed by atoms with van der Waals surface area (Å²) in [7, 11) is 1.29. The smallest absolute Gasteiger partial charge is 0.350 e. The van der Waals surface area contributed by atoms with Gasteiger partial charge in [-0.25, -0.2) is 0 Å². The number of anilines is 1. The quantitative estimate of drug-likeness (QED) is 0.673. The van der Waals surface area contributed by atoms with Crippen LogP contribution in [-0.2, 0) is 11.3 Å². The van der Waals surface area contributed by atoms with Crippen LogP contribution in [-0.4, -0.2) is 27.7 Å². The maximum atomic E-state index is 12.1. The number of para-hydroxylation sites is 1. The molecule has 1 aromatic heterocycles. The van der Waals surface area contributed by atoms with E-state index in [-0.39, 0.29) is 24.0 Å². The van der Waals surface area contributed by atoms with Gasteiger partial charge in [0.2, 0.25) is 5.91 Å². The third kappa shape index (κ3) is 3.22. The number of methoxy groups -OCH3 is 1. The summed E-state index contributed by atoms with van der Waals surface area (Å²) in [5.74, 6) is -0.442. The molecule has 0 atom stereocenters. The first kappa shape index (κ1) is 15.5. The molecule has 8 heteroatoms. The predicted octanol–water partition coefficient (Wildman–Crippen LogP) is 2.06. The molecular weight excluding hydrogens is 288 g/mol. The fraction of sp³-hybridized carbons (Fsp3) is 0.286. The van der Waals surface area contributed by atoms with Crippen molar-refractivity contribution in [2.45, 2.75) is 20.4 Å². The van der Waals surface area contributed by atoms with Crippen LogP contribution in [0, 0.1) is 24.0 Å². The van der Waals surface area contributed by atoms with Crippen LogP contribution in [0.25, 0.3) is 0 Å². The van der Waals surface area contributed by atoms with Crippen molar-refractivity contribution >= 4 is 17.3 Å². The van der Waals surface area contributed by atoms with Gasteiger partial charge in [0.25, 0.3) is 0 Å². The molecule has 1 N–H and O–H groups in total. The lowest BCUT2D eigenvalue weighted by Gasteiger charge is -2.11. The van der Waals surface area contributed by atoms with Gasteiger partial charge < -0.3 is 10.1 Å². The maximum absolute atomic E-state index is 12.1. The summed E-state index contributed by atoms with van der Waals surface area (Å²) < 4.78 is 6.00. The van der Waals surface area contributed by atoms with Gasteiger partial charge in [0.1, 0.15) is 12.7 Å². The largest absolute Gasteiger partial charge is 0.475 e. The molecule has 0 aliphatic carbocycles. The van der Waals surface area contributed by atoms with Gasteiger partial charge in [-0.05, 0) is 25.0 Å². The minimum Gasteiger partial charge on any atom is -0.475 e. The molecule has 2 aromatic rings. The van der Waals surface area contributed by atoms with Crippen LogP contribution in [0.4, 0.5) is 11.4 Å². The second kappa shape index (κ2) is 6.25. The van der Waals surface area contributed by atoms with Gasteiger partial charge in [-0.3, -0.25) is 19.6 Å². The van der Waals surface area contributed by atoms with E-state index in [1.165, 1.54) is 18.0 Å². The van der Waals surface area contributed by atoms with Crippen LogP contribution in [0.1, 0.15) is 11.1 Å². The molecule has 1 amide bonds. The Balaban J connectivity index is 2.14. The van der Waals surface area contributed by atoms with Crippen LogP contribution in [0.2, 0.25) is 0 Å². The van der Waals surface area contributed by atoms with E-state index in [1.807, 2.05) is 32.0 Å². The van der Waals surface area contributed by atoms with Crippen LogP contribution in [0.5, 0.6) is 5.88 Å². The van der Waals surface area contributed by atoms with Crippen molar-refractivity contribution in [3.8, 4) is 5.88 Å². The van der Waals surface area contributed by atoms with E-state index in [9.17, 15) is 14.9 Å². The number of carbonyl (C=O) groups excluding carboxylic acids is 1. The van der Waals surface area contributed by atoms with Crippen molar-refractivity contribution in [1.29, 1.82) is 0 Å². The standard InChI is InChI=1S/C14H16N4O4/c1-9-5-4-6-10(2)13(9)15-12(19)8-17-7-11(18(20)21)14(16-17)22-3/h4-7H,8H2,1-3H3,(H,15,19). The molecule has 0 spiro atoms. The number of nitro groups is 1.